The van der Waals surface area contributed by atoms with E-state index in [0.717, 1.165) is 19.4 Å². The molecule has 90 valence electrons. The van der Waals surface area contributed by atoms with Crippen LogP contribution in [0.4, 0.5) is 0 Å². The van der Waals surface area contributed by atoms with Crippen LogP contribution in [0.1, 0.15) is 40.5 Å². The quantitative estimate of drug-likeness (QED) is 0.626. The van der Waals surface area contributed by atoms with Gasteiger partial charge in [-0.1, -0.05) is 32.9 Å². The van der Waals surface area contributed by atoms with Gasteiger partial charge in [0, 0.05) is 12.6 Å². The summed E-state index contributed by atoms with van der Waals surface area (Å²) in [6, 6.07) is 0.386. The van der Waals surface area contributed by atoms with E-state index in [1.165, 1.54) is 5.57 Å². The Kier molecular flexibility index (Phi) is 7.71. The molecule has 0 aromatic carbocycles. The third-order valence-electron chi connectivity index (χ3n) is 2.79. The smallest absolute Gasteiger partial charge is 0.0753 e. The van der Waals surface area contributed by atoms with Gasteiger partial charge in [-0.25, -0.2) is 0 Å². The van der Waals surface area contributed by atoms with Crippen LogP contribution in [0.15, 0.2) is 12.2 Å². The van der Waals surface area contributed by atoms with E-state index in [1.54, 1.807) is 0 Å². The molecule has 0 spiro atoms. The summed E-state index contributed by atoms with van der Waals surface area (Å²) in [6.07, 6.45) is 2.34. The maximum Gasteiger partial charge on any atom is 0.0753 e. The van der Waals surface area contributed by atoms with E-state index in [-0.39, 0.29) is 6.10 Å². The van der Waals surface area contributed by atoms with Crippen LogP contribution >= 0.6 is 0 Å². The van der Waals surface area contributed by atoms with E-state index in [0.29, 0.717) is 12.0 Å². The minimum Gasteiger partial charge on any atom is -0.377 e. The van der Waals surface area contributed by atoms with Crippen LogP contribution in [0.3, 0.4) is 0 Å². The molecule has 0 heterocycles. The minimum atomic E-state index is 0.281. The number of rotatable bonds is 8. The predicted octanol–water partition coefficient (Wildman–Crippen LogP) is 2.99. The van der Waals surface area contributed by atoms with Crippen molar-refractivity contribution >= 4 is 0 Å². The van der Waals surface area contributed by atoms with E-state index >= 15 is 0 Å². The Morgan fingerprint density at radius 3 is 2.27 bits per heavy atom. The van der Waals surface area contributed by atoms with Crippen LogP contribution in [0.25, 0.3) is 0 Å². The SMILES string of the molecule is C=C(CC)CC(NC)C(OCC)C(C)C. The molecule has 0 aliphatic heterocycles. The van der Waals surface area contributed by atoms with Gasteiger partial charge in [-0.15, -0.1) is 0 Å². The van der Waals surface area contributed by atoms with Crippen molar-refractivity contribution in [3.05, 3.63) is 12.2 Å². The molecule has 2 heteroatoms. The molecule has 0 saturated carbocycles. The van der Waals surface area contributed by atoms with Crippen molar-refractivity contribution in [2.24, 2.45) is 5.92 Å². The fourth-order valence-electron chi connectivity index (χ4n) is 1.80. The van der Waals surface area contributed by atoms with Crippen LogP contribution in [0.2, 0.25) is 0 Å². The van der Waals surface area contributed by atoms with Crippen molar-refractivity contribution in [3.8, 4) is 0 Å². The second-order valence-corrected chi connectivity index (χ2v) is 4.37. The number of ether oxygens (including phenoxy) is 1. The highest BCUT2D eigenvalue weighted by atomic mass is 16.5. The van der Waals surface area contributed by atoms with Gasteiger partial charge < -0.3 is 10.1 Å². The van der Waals surface area contributed by atoms with Crippen molar-refractivity contribution in [3.63, 3.8) is 0 Å². The molecule has 0 saturated heterocycles. The summed E-state index contributed by atoms with van der Waals surface area (Å²) in [5.74, 6) is 0.534. The number of nitrogens with one attached hydrogen (secondary N) is 1. The highest BCUT2D eigenvalue weighted by Crippen LogP contribution is 2.17. The Morgan fingerprint density at radius 1 is 1.33 bits per heavy atom. The van der Waals surface area contributed by atoms with Crippen molar-refractivity contribution in [1.29, 1.82) is 0 Å². The third kappa shape index (κ3) is 5.33. The second-order valence-electron chi connectivity index (χ2n) is 4.37. The molecule has 0 aliphatic rings. The molecule has 0 radical (unpaired) electrons. The Labute approximate surface area is 95.1 Å². The molecular formula is C13H27NO. The molecule has 2 nitrogen and oxygen atoms in total. The van der Waals surface area contributed by atoms with E-state index < -0.39 is 0 Å². The number of likely N-dealkylation sites (N-methyl/N-ethyl adjacent to an activating group) is 1. The Balaban J connectivity index is 4.37. The first kappa shape index (κ1) is 14.7. The number of hydrogen-bond acceptors (Lipinski definition) is 2. The van der Waals surface area contributed by atoms with Gasteiger partial charge in [0.2, 0.25) is 0 Å². The molecule has 1 N–H and O–H groups in total. The Morgan fingerprint density at radius 2 is 1.93 bits per heavy atom. The molecule has 0 rings (SSSR count). The van der Waals surface area contributed by atoms with Gasteiger partial charge in [-0.05, 0) is 32.7 Å². The largest absolute Gasteiger partial charge is 0.377 e. The first-order valence-corrected chi connectivity index (χ1v) is 6.02. The van der Waals surface area contributed by atoms with Crippen molar-refractivity contribution in [2.45, 2.75) is 52.7 Å². The van der Waals surface area contributed by atoms with Gasteiger partial charge in [0.1, 0.15) is 0 Å². The zero-order chi connectivity index (χ0) is 11.8. The fraction of sp³-hybridized carbons (Fsp3) is 0.846. The molecule has 0 bridgehead atoms. The van der Waals surface area contributed by atoms with Gasteiger partial charge >= 0.3 is 0 Å². The Bertz CT molecular complexity index is 177. The first-order chi connectivity index (χ1) is 7.06. The second kappa shape index (κ2) is 7.89. The van der Waals surface area contributed by atoms with Crippen LogP contribution < -0.4 is 5.32 Å². The molecule has 2 unspecified atom stereocenters. The summed E-state index contributed by atoms with van der Waals surface area (Å²) in [4.78, 5) is 0. The molecule has 2 atom stereocenters. The fourth-order valence-corrected chi connectivity index (χ4v) is 1.80. The van der Waals surface area contributed by atoms with Gasteiger partial charge in [-0.2, -0.15) is 0 Å². The third-order valence-corrected chi connectivity index (χ3v) is 2.79. The lowest BCUT2D eigenvalue weighted by Gasteiger charge is -2.30. The zero-order valence-electron chi connectivity index (χ0n) is 11.0. The molecule has 0 aromatic heterocycles. The van der Waals surface area contributed by atoms with Crippen molar-refractivity contribution in [2.75, 3.05) is 13.7 Å². The monoisotopic (exact) mass is 213 g/mol. The summed E-state index contributed by atoms with van der Waals surface area (Å²) in [6.45, 7) is 13.5. The lowest BCUT2D eigenvalue weighted by atomic mass is 9.93. The standard InChI is InChI=1S/C13H27NO/c1-7-11(5)9-12(14-6)13(10(3)4)15-8-2/h10,12-14H,5,7-9H2,1-4,6H3. The molecule has 0 aliphatic carbocycles. The van der Waals surface area contributed by atoms with E-state index in [1.807, 2.05) is 7.05 Å². The van der Waals surface area contributed by atoms with Crippen molar-refractivity contribution in [1.82, 2.24) is 5.32 Å². The van der Waals surface area contributed by atoms with Crippen LogP contribution in [0.5, 0.6) is 0 Å². The summed E-state index contributed by atoms with van der Waals surface area (Å²) in [7, 11) is 2.00. The average Bonchev–Trinajstić information content (AvgIpc) is 2.22. The molecule has 0 amide bonds. The van der Waals surface area contributed by atoms with Gasteiger partial charge in [0.25, 0.3) is 0 Å². The lowest BCUT2D eigenvalue weighted by Crippen LogP contribution is -2.42. The highest BCUT2D eigenvalue weighted by Gasteiger charge is 2.23. The molecular weight excluding hydrogens is 186 g/mol. The van der Waals surface area contributed by atoms with E-state index in [2.05, 4.69) is 39.6 Å². The average molecular weight is 213 g/mol. The van der Waals surface area contributed by atoms with E-state index in [9.17, 15) is 0 Å². The molecule has 15 heavy (non-hydrogen) atoms. The summed E-state index contributed by atoms with van der Waals surface area (Å²) in [5, 5.41) is 3.35. The summed E-state index contributed by atoms with van der Waals surface area (Å²) in [5.41, 5.74) is 1.29. The topological polar surface area (TPSA) is 21.3 Å². The highest BCUT2D eigenvalue weighted by molar-refractivity contribution is 4.98. The van der Waals surface area contributed by atoms with Crippen LogP contribution in [-0.4, -0.2) is 25.8 Å². The van der Waals surface area contributed by atoms with E-state index in [4.69, 9.17) is 4.74 Å². The van der Waals surface area contributed by atoms with Gasteiger partial charge in [0.15, 0.2) is 0 Å². The summed E-state index contributed by atoms with van der Waals surface area (Å²) < 4.78 is 5.80. The Hall–Kier alpha value is -0.340. The van der Waals surface area contributed by atoms with Crippen LogP contribution in [-0.2, 0) is 4.74 Å². The maximum absolute atomic E-state index is 5.80. The zero-order valence-corrected chi connectivity index (χ0v) is 11.0. The number of hydrogen-bond donors (Lipinski definition) is 1. The predicted molar refractivity (Wildman–Crippen MR) is 67.1 cm³/mol. The normalized spacial score (nSPS) is 15.3. The van der Waals surface area contributed by atoms with Gasteiger partial charge in [-0.3, -0.25) is 0 Å². The molecule has 0 aromatic rings. The van der Waals surface area contributed by atoms with Crippen molar-refractivity contribution < 1.29 is 4.74 Å². The molecule has 0 fully saturated rings. The van der Waals surface area contributed by atoms with Gasteiger partial charge in [0.05, 0.1) is 6.10 Å². The minimum absolute atomic E-state index is 0.281. The van der Waals surface area contributed by atoms with Crippen LogP contribution in [0, 0.1) is 5.92 Å². The maximum atomic E-state index is 5.80. The summed E-state index contributed by atoms with van der Waals surface area (Å²) >= 11 is 0. The lowest BCUT2D eigenvalue weighted by molar-refractivity contribution is 0.00526. The first-order valence-electron chi connectivity index (χ1n) is 6.02.